The Labute approximate surface area is 184 Å². The standard InChI is InChI=1S/C22H23N5O3S/c1-2-11-27-21(17-6-8-23-9-7-17)25-26-22(27)31-15-20(28)24-10-5-16-3-4-18-19(14-16)30-13-12-29-18/h2-4,6-9,14H,1,5,10-13,15H2,(H,24,28). The Balaban J connectivity index is 1.30. The third-order valence-corrected chi connectivity index (χ3v) is 5.61. The van der Waals surface area contributed by atoms with E-state index in [0.717, 1.165) is 28.5 Å². The van der Waals surface area contributed by atoms with Crippen LogP contribution in [0.3, 0.4) is 0 Å². The fourth-order valence-electron chi connectivity index (χ4n) is 3.17. The van der Waals surface area contributed by atoms with Crippen molar-refractivity contribution < 1.29 is 14.3 Å². The Morgan fingerprint density at radius 2 is 1.97 bits per heavy atom. The third-order valence-electron chi connectivity index (χ3n) is 4.64. The summed E-state index contributed by atoms with van der Waals surface area (Å²) in [6.07, 6.45) is 5.92. The maximum Gasteiger partial charge on any atom is 0.230 e. The normalized spacial score (nSPS) is 12.4. The van der Waals surface area contributed by atoms with Crippen LogP contribution in [-0.2, 0) is 17.8 Å². The Bertz CT molecular complexity index is 1050. The molecule has 1 amide bonds. The minimum absolute atomic E-state index is 0.0545. The maximum atomic E-state index is 12.3. The summed E-state index contributed by atoms with van der Waals surface area (Å²) in [6.45, 7) is 6.04. The van der Waals surface area contributed by atoms with Gasteiger partial charge in [0, 0.05) is 31.0 Å². The Morgan fingerprint density at radius 1 is 1.16 bits per heavy atom. The lowest BCUT2D eigenvalue weighted by molar-refractivity contribution is -0.118. The smallest absolute Gasteiger partial charge is 0.230 e. The van der Waals surface area contributed by atoms with Crippen molar-refractivity contribution in [3.05, 3.63) is 60.9 Å². The monoisotopic (exact) mass is 437 g/mol. The van der Waals surface area contributed by atoms with Gasteiger partial charge in [0.2, 0.25) is 5.91 Å². The van der Waals surface area contributed by atoms with Crippen LogP contribution in [0.25, 0.3) is 11.4 Å². The van der Waals surface area contributed by atoms with Crippen LogP contribution in [0, 0.1) is 0 Å². The van der Waals surface area contributed by atoms with Gasteiger partial charge in [0.1, 0.15) is 13.2 Å². The molecule has 9 heteroatoms. The molecule has 0 aliphatic carbocycles. The average molecular weight is 438 g/mol. The molecule has 0 radical (unpaired) electrons. The lowest BCUT2D eigenvalue weighted by atomic mass is 10.1. The zero-order valence-electron chi connectivity index (χ0n) is 17.0. The number of pyridine rings is 1. The summed E-state index contributed by atoms with van der Waals surface area (Å²) < 4.78 is 13.1. The van der Waals surface area contributed by atoms with E-state index in [1.54, 1.807) is 18.5 Å². The number of amides is 1. The third kappa shape index (κ3) is 5.24. The number of carbonyl (C=O) groups excluding carboxylic acids is 1. The molecule has 0 bridgehead atoms. The van der Waals surface area contributed by atoms with E-state index < -0.39 is 0 Å². The molecule has 0 atom stereocenters. The lowest BCUT2D eigenvalue weighted by Gasteiger charge is -2.18. The van der Waals surface area contributed by atoms with E-state index in [-0.39, 0.29) is 11.7 Å². The minimum Gasteiger partial charge on any atom is -0.486 e. The van der Waals surface area contributed by atoms with Crippen LogP contribution < -0.4 is 14.8 Å². The molecule has 1 aromatic carbocycles. The Kier molecular flexibility index (Phi) is 6.83. The number of hydrogen-bond donors (Lipinski definition) is 1. The molecule has 0 saturated heterocycles. The fourth-order valence-corrected chi connectivity index (χ4v) is 3.95. The van der Waals surface area contributed by atoms with Crippen molar-refractivity contribution in [3.8, 4) is 22.9 Å². The van der Waals surface area contributed by atoms with Crippen molar-refractivity contribution in [1.29, 1.82) is 0 Å². The summed E-state index contributed by atoms with van der Waals surface area (Å²) in [6, 6.07) is 9.63. The van der Waals surface area contributed by atoms with Crippen molar-refractivity contribution in [1.82, 2.24) is 25.1 Å². The number of carbonyl (C=O) groups is 1. The average Bonchev–Trinajstić information content (AvgIpc) is 3.21. The van der Waals surface area contributed by atoms with E-state index >= 15 is 0 Å². The SMILES string of the molecule is C=CCn1c(SCC(=O)NCCc2ccc3c(c2)OCCO3)nnc1-c1ccncc1. The van der Waals surface area contributed by atoms with Crippen LogP contribution in [0.5, 0.6) is 11.5 Å². The number of aromatic nitrogens is 4. The van der Waals surface area contributed by atoms with E-state index in [9.17, 15) is 4.79 Å². The summed E-state index contributed by atoms with van der Waals surface area (Å²) >= 11 is 1.35. The lowest BCUT2D eigenvalue weighted by Crippen LogP contribution is -2.27. The highest BCUT2D eigenvalue weighted by atomic mass is 32.2. The molecular weight excluding hydrogens is 414 g/mol. The molecule has 0 saturated carbocycles. The zero-order valence-corrected chi connectivity index (χ0v) is 17.8. The number of benzene rings is 1. The molecule has 160 valence electrons. The van der Waals surface area contributed by atoms with Crippen molar-refractivity contribution >= 4 is 17.7 Å². The van der Waals surface area contributed by atoms with Gasteiger partial charge in [-0.05, 0) is 36.2 Å². The molecule has 3 heterocycles. The molecule has 2 aromatic heterocycles. The van der Waals surface area contributed by atoms with E-state index in [1.807, 2.05) is 34.9 Å². The molecule has 4 rings (SSSR count). The second-order valence-corrected chi connectivity index (χ2v) is 7.75. The number of ether oxygens (including phenoxy) is 2. The summed E-state index contributed by atoms with van der Waals surface area (Å²) in [7, 11) is 0. The Hall–Kier alpha value is -3.33. The molecule has 1 aliphatic heterocycles. The van der Waals surface area contributed by atoms with Crippen LogP contribution >= 0.6 is 11.8 Å². The van der Waals surface area contributed by atoms with Gasteiger partial charge >= 0.3 is 0 Å². The first-order chi connectivity index (χ1) is 15.2. The molecule has 1 N–H and O–H groups in total. The molecule has 1 aliphatic rings. The van der Waals surface area contributed by atoms with Gasteiger partial charge in [-0.1, -0.05) is 23.9 Å². The van der Waals surface area contributed by atoms with Gasteiger partial charge < -0.3 is 14.8 Å². The molecular formula is C22H23N5O3S. The van der Waals surface area contributed by atoms with E-state index in [2.05, 4.69) is 27.1 Å². The highest BCUT2D eigenvalue weighted by Gasteiger charge is 2.15. The summed E-state index contributed by atoms with van der Waals surface area (Å²) in [5, 5.41) is 12.2. The van der Waals surface area contributed by atoms with Gasteiger partial charge in [-0.2, -0.15) is 0 Å². The molecule has 8 nitrogen and oxygen atoms in total. The van der Waals surface area contributed by atoms with Crippen molar-refractivity contribution in [3.63, 3.8) is 0 Å². The van der Waals surface area contributed by atoms with Crippen molar-refractivity contribution in [2.24, 2.45) is 0 Å². The summed E-state index contributed by atoms with van der Waals surface area (Å²) in [5.74, 6) is 2.46. The molecule has 31 heavy (non-hydrogen) atoms. The zero-order chi connectivity index (χ0) is 21.5. The predicted molar refractivity (Wildman–Crippen MR) is 118 cm³/mol. The van der Waals surface area contributed by atoms with Gasteiger partial charge in [-0.15, -0.1) is 16.8 Å². The summed E-state index contributed by atoms with van der Waals surface area (Å²) in [4.78, 5) is 16.4. The van der Waals surface area contributed by atoms with Crippen LogP contribution in [0.4, 0.5) is 0 Å². The number of rotatable bonds is 9. The first-order valence-corrected chi connectivity index (χ1v) is 11.0. The first kappa shape index (κ1) is 20.9. The predicted octanol–water partition coefficient (Wildman–Crippen LogP) is 2.75. The van der Waals surface area contributed by atoms with Gasteiger partial charge in [-0.3, -0.25) is 14.3 Å². The molecule has 3 aromatic rings. The van der Waals surface area contributed by atoms with Gasteiger partial charge in [0.05, 0.1) is 5.75 Å². The quantitative estimate of drug-likeness (QED) is 0.407. The number of allylic oxidation sites excluding steroid dienone is 1. The summed E-state index contributed by atoms with van der Waals surface area (Å²) in [5.41, 5.74) is 2.00. The largest absolute Gasteiger partial charge is 0.486 e. The van der Waals surface area contributed by atoms with E-state index in [0.29, 0.717) is 37.9 Å². The van der Waals surface area contributed by atoms with Crippen molar-refractivity contribution in [2.45, 2.75) is 18.1 Å². The Morgan fingerprint density at radius 3 is 2.77 bits per heavy atom. The molecule has 0 fully saturated rings. The number of nitrogens with one attached hydrogen (secondary N) is 1. The van der Waals surface area contributed by atoms with E-state index in [4.69, 9.17) is 9.47 Å². The number of thioether (sulfide) groups is 1. The highest BCUT2D eigenvalue weighted by Crippen LogP contribution is 2.30. The molecule has 0 unspecified atom stereocenters. The second-order valence-electron chi connectivity index (χ2n) is 6.81. The molecule has 0 spiro atoms. The van der Waals surface area contributed by atoms with Gasteiger partial charge in [0.15, 0.2) is 22.5 Å². The van der Waals surface area contributed by atoms with E-state index in [1.165, 1.54) is 11.8 Å². The van der Waals surface area contributed by atoms with Crippen LogP contribution in [-0.4, -0.2) is 51.2 Å². The van der Waals surface area contributed by atoms with Crippen LogP contribution in [0.2, 0.25) is 0 Å². The second kappa shape index (κ2) is 10.1. The van der Waals surface area contributed by atoms with Gasteiger partial charge in [0.25, 0.3) is 0 Å². The van der Waals surface area contributed by atoms with Crippen molar-refractivity contribution in [2.75, 3.05) is 25.5 Å². The fraction of sp³-hybridized carbons (Fsp3) is 0.273. The van der Waals surface area contributed by atoms with Crippen LogP contribution in [0.1, 0.15) is 5.56 Å². The minimum atomic E-state index is -0.0545. The highest BCUT2D eigenvalue weighted by molar-refractivity contribution is 7.99. The van der Waals surface area contributed by atoms with Crippen LogP contribution in [0.15, 0.2) is 60.5 Å². The number of fused-ring (bicyclic) bond motifs is 1. The maximum absolute atomic E-state index is 12.3. The first-order valence-electron chi connectivity index (χ1n) is 9.97. The van der Waals surface area contributed by atoms with Gasteiger partial charge in [-0.25, -0.2) is 0 Å². The number of nitrogens with zero attached hydrogens (tertiary/aromatic N) is 4. The topological polar surface area (TPSA) is 91.2 Å². The number of hydrogen-bond acceptors (Lipinski definition) is 7.